The number of carbonyl (C=O) groups excluding carboxylic acids is 1. The van der Waals surface area contributed by atoms with Crippen molar-refractivity contribution in [3.8, 4) is 0 Å². The number of aromatic nitrogens is 1. The van der Waals surface area contributed by atoms with Crippen LogP contribution in [0.15, 0.2) is 42.5 Å². The third-order valence-electron chi connectivity index (χ3n) is 5.05. The minimum atomic E-state index is 0.259. The maximum atomic E-state index is 12.7. The average Bonchev–Trinajstić information content (AvgIpc) is 2.93. The predicted molar refractivity (Wildman–Crippen MR) is 115 cm³/mol. The fraction of sp³-hybridized carbons (Fsp3) is 0.458. The molecule has 2 aromatic carbocycles. The van der Waals surface area contributed by atoms with E-state index in [9.17, 15) is 4.79 Å². The van der Waals surface area contributed by atoms with Crippen LogP contribution in [0.2, 0.25) is 0 Å². The third kappa shape index (κ3) is 4.18. The Morgan fingerprint density at radius 1 is 0.963 bits per heavy atom. The maximum Gasteiger partial charge on any atom is 0.223 e. The molecular formula is C24H32N2O. The zero-order valence-electron chi connectivity index (χ0n) is 17.3. The van der Waals surface area contributed by atoms with E-state index in [4.69, 9.17) is 0 Å². The van der Waals surface area contributed by atoms with Crippen LogP contribution >= 0.6 is 0 Å². The van der Waals surface area contributed by atoms with Gasteiger partial charge in [0.25, 0.3) is 0 Å². The first-order valence-electron chi connectivity index (χ1n) is 10.2. The van der Waals surface area contributed by atoms with Gasteiger partial charge >= 0.3 is 0 Å². The Balaban J connectivity index is 1.98. The molecule has 1 aromatic heterocycles. The van der Waals surface area contributed by atoms with Crippen LogP contribution in [0.4, 0.5) is 0 Å². The molecule has 3 rings (SSSR count). The number of aryl methyl sites for hydroxylation is 1. The Morgan fingerprint density at radius 2 is 1.67 bits per heavy atom. The molecule has 0 bridgehead atoms. The molecule has 0 radical (unpaired) electrons. The molecule has 0 unspecified atom stereocenters. The van der Waals surface area contributed by atoms with Crippen LogP contribution in [0.5, 0.6) is 0 Å². The molecule has 0 aliphatic heterocycles. The van der Waals surface area contributed by atoms with E-state index >= 15 is 0 Å². The van der Waals surface area contributed by atoms with Crippen LogP contribution in [0.1, 0.15) is 46.6 Å². The molecule has 1 amide bonds. The highest BCUT2D eigenvalue weighted by molar-refractivity contribution is 6.08. The second-order valence-corrected chi connectivity index (χ2v) is 8.38. The van der Waals surface area contributed by atoms with Gasteiger partial charge in [0.15, 0.2) is 0 Å². The van der Waals surface area contributed by atoms with Gasteiger partial charge in [-0.1, -0.05) is 52.0 Å². The highest BCUT2D eigenvalue weighted by Gasteiger charge is 2.17. The van der Waals surface area contributed by atoms with E-state index in [1.807, 2.05) is 4.90 Å². The third-order valence-corrected chi connectivity index (χ3v) is 5.05. The Labute approximate surface area is 163 Å². The number of carbonyl (C=O) groups is 1. The summed E-state index contributed by atoms with van der Waals surface area (Å²) in [6.07, 6.45) is 0.615. The van der Waals surface area contributed by atoms with Crippen molar-refractivity contribution in [2.75, 3.05) is 6.54 Å². The number of rotatable bonds is 7. The number of amides is 1. The molecule has 144 valence electrons. The highest BCUT2D eigenvalue weighted by atomic mass is 16.2. The molecule has 3 nitrogen and oxygen atoms in total. The highest BCUT2D eigenvalue weighted by Crippen LogP contribution is 2.30. The minimum Gasteiger partial charge on any atom is -0.341 e. The molecule has 0 aliphatic rings. The van der Waals surface area contributed by atoms with Crippen molar-refractivity contribution in [2.45, 2.75) is 54.1 Å². The van der Waals surface area contributed by atoms with E-state index in [0.717, 1.165) is 13.1 Å². The molecule has 27 heavy (non-hydrogen) atoms. The molecule has 1 heterocycles. The van der Waals surface area contributed by atoms with Gasteiger partial charge in [-0.3, -0.25) is 4.79 Å². The lowest BCUT2D eigenvalue weighted by Crippen LogP contribution is -2.34. The summed E-state index contributed by atoms with van der Waals surface area (Å²) in [5.41, 5.74) is 3.76. The summed E-state index contributed by atoms with van der Waals surface area (Å²) in [7, 11) is 0. The lowest BCUT2D eigenvalue weighted by atomic mass is 10.1. The van der Waals surface area contributed by atoms with Crippen molar-refractivity contribution in [1.82, 2.24) is 9.47 Å². The van der Waals surface area contributed by atoms with E-state index in [0.29, 0.717) is 24.8 Å². The predicted octanol–water partition coefficient (Wildman–Crippen LogP) is 5.85. The van der Waals surface area contributed by atoms with Gasteiger partial charge in [0, 0.05) is 47.9 Å². The van der Waals surface area contributed by atoms with Crippen LogP contribution in [0.25, 0.3) is 21.8 Å². The van der Waals surface area contributed by atoms with Crippen LogP contribution in [0, 0.1) is 11.8 Å². The molecule has 0 saturated carbocycles. The summed E-state index contributed by atoms with van der Waals surface area (Å²) in [5, 5.41) is 2.57. The number of fused-ring (bicyclic) bond motifs is 3. The molecule has 0 fully saturated rings. The molecule has 3 aromatic rings. The van der Waals surface area contributed by atoms with Gasteiger partial charge in [0.1, 0.15) is 0 Å². The van der Waals surface area contributed by atoms with Gasteiger partial charge in [-0.2, -0.15) is 0 Å². The fourth-order valence-corrected chi connectivity index (χ4v) is 3.93. The van der Waals surface area contributed by atoms with Crippen molar-refractivity contribution >= 4 is 27.7 Å². The zero-order chi connectivity index (χ0) is 19.6. The molecule has 0 aliphatic carbocycles. The summed E-state index contributed by atoms with van der Waals surface area (Å²) >= 11 is 0. The van der Waals surface area contributed by atoms with Gasteiger partial charge in [0.05, 0.1) is 0 Å². The quantitative estimate of drug-likeness (QED) is 0.516. The standard InChI is InChI=1S/C24H32N2O/c1-6-26-22-10-8-7-9-20(22)21-14-19(11-12-23(21)26)16-25(15-18(4)5)24(27)13-17(2)3/h7-12,14,17-18H,6,13,15-16H2,1-5H3. The first kappa shape index (κ1) is 19.5. The molecule has 0 spiro atoms. The minimum absolute atomic E-state index is 0.259. The van der Waals surface area contributed by atoms with E-state index < -0.39 is 0 Å². The first-order chi connectivity index (χ1) is 12.9. The molecule has 0 saturated heterocycles. The number of benzene rings is 2. The lowest BCUT2D eigenvalue weighted by molar-refractivity contribution is -0.133. The molecule has 0 atom stereocenters. The van der Waals surface area contributed by atoms with Crippen LogP contribution < -0.4 is 0 Å². The van der Waals surface area contributed by atoms with Crippen molar-refractivity contribution in [3.05, 3.63) is 48.0 Å². The number of nitrogens with zero attached hydrogens (tertiary/aromatic N) is 2. The van der Waals surface area contributed by atoms with Crippen LogP contribution in [-0.4, -0.2) is 21.9 Å². The zero-order valence-corrected chi connectivity index (χ0v) is 17.3. The Bertz CT molecular complexity index is 936. The SMILES string of the molecule is CCn1c2ccccc2c2cc(CN(CC(C)C)C(=O)CC(C)C)ccc21. The van der Waals surface area contributed by atoms with Crippen molar-refractivity contribution in [1.29, 1.82) is 0 Å². The van der Waals surface area contributed by atoms with Gasteiger partial charge in [-0.15, -0.1) is 0 Å². The van der Waals surface area contributed by atoms with Crippen molar-refractivity contribution in [2.24, 2.45) is 11.8 Å². The molecular weight excluding hydrogens is 332 g/mol. The van der Waals surface area contributed by atoms with Gasteiger partial charge in [0.2, 0.25) is 5.91 Å². The first-order valence-corrected chi connectivity index (χ1v) is 10.2. The summed E-state index contributed by atoms with van der Waals surface area (Å²) in [6.45, 7) is 13.2. The number of hydrogen-bond acceptors (Lipinski definition) is 1. The normalized spacial score (nSPS) is 11.8. The van der Waals surface area contributed by atoms with E-state index in [2.05, 4.69) is 81.7 Å². The van der Waals surface area contributed by atoms with Gasteiger partial charge in [-0.05, 0) is 42.5 Å². The van der Waals surface area contributed by atoms with E-state index in [1.165, 1.54) is 27.4 Å². The summed E-state index contributed by atoms with van der Waals surface area (Å²) in [5.74, 6) is 1.11. The fourth-order valence-electron chi connectivity index (χ4n) is 3.93. The van der Waals surface area contributed by atoms with Gasteiger partial charge in [-0.25, -0.2) is 0 Å². The van der Waals surface area contributed by atoms with E-state index in [-0.39, 0.29) is 5.91 Å². The number of hydrogen-bond donors (Lipinski definition) is 0. The summed E-state index contributed by atoms with van der Waals surface area (Å²) < 4.78 is 2.37. The van der Waals surface area contributed by atoms with Crippen LogP contribution in [0.3, 0.4) is 0 Å². The topological polar surface area (TPSA) is 25.2 Å². The maximum absolute atomic E-state index is 12.7. The van der Waals surface area contributed by atoms with Crippen LogP contribution in [-0.2, 0) is 17.9 Å². The Morgan fingerprint density at radius 3 is 2.33 bits per heavy atom. The smallest absolute Gasteiger partial charge is 0.223 e. The molecule has 0 N–H and O–H groups in total. The Kier molecular flexibility index (Phi) is 5.88. The summed E-state index contributed by atoms with van der Waals surface area (Å²) in [4.78, 5) is 14.8. The average molecular weight is 365 g/mol. The lowest BCUT2D eigenvalue weighted by Gasteiger charge is -2.25. The van der Waals surface area contributed by atoms with Crippen molar-refractivity contribution < 1.29 is 4.79 Å². The second-order valence-electron chi connectivity index (χ2n) is 8.38. The van der Waals surface area contributed by atoms with Gasteiger partial charge < -0.3 is 9.47 Å². The van der Waals surface area contributed by atoms with E-state index in [1.54, 1.807) is 0 Å². The Hall–Kier alpha value is -2.29. The monoisotopic (exact) mass is 364 g/mol. The number of para-hydroxylation sites is 1. The molecule has 3 heteroatoms. The second kappa shape index (κ2) is 8.16. The van der Waals surface area contributed by atoms with Crippen molar-refractivity contribution in [3.63, 3.8) is 0 Å². The largest absolute Gasteiger partial charge is 0.341 e. The summed E-state index contributed by atoms with van der Waals surface area (Å²) in [6, 6.07) is 15.3.